The number of likely N-dealkylation sites (tertiary alicyclic amines) is 1. The summed E-state index contributed by atoms with van der Waals surface area (Å²) in [5, 5.41) is 18.6. The molecule has 0 bridgehead atoms. The number of carbonyl (C=O) groups excluding carboxylic acids is 1. The van der Waals surface area contributed by atoms with Crippen molar-refractivity contribution in [2.75, 3.05) is 13.1 Å². The predicted octanol–water partition coefficient (Wildman–Crippen LogP) is 3.60. The van der Waals surface area contributed by atoms with Crippen molar-refractivity contribution in [3.8, 4) is 17.0 Å². The van der Waals surface area contributed by atoms with Crippen molar-refractivity contribution < 1.29 is 14.6 Å². The van der Waals surface area contributed by atoms with Gasteiger partial charge >= 0.3 is 6.09 Å². The highest BCUT2D eigenvalue weighted by molar-refractivity contribution is 5.81. The Morgan fingerprint density at radius 1 is 1.19 bits per heavy atom. The van der Waals surface area contributed by atoms with Gasteiger partial charge < -0.3 is 19.3 Å². The fraction of sp³-hybridized carbons (Fsp3) is 0.350. The first-order valence-electron chi connectivity index (χ1n) is 8.92. The summed E-state index contributed by atoms with van der Waals surface area (Å²) in [6, 6.07) is 11.1. The van der Waals surface area contributed by atoms with Crippen LogP contribution in [0.4, 0.5) is 4.79 Å². The summed E-state index contributed by atoms with van der Waals surface area (Å²) in [7, 11) is 0. The van der Waals surface area contributed by atoms with Crippen molar-refractivity contribution in [2.45, 2.75) is 32.4 Å². The minimum atomic E-state index is -0.496. The molecule has 3 heterocycles. The van der Waals surface area contributed by atoms with E-state index in [1.807, 2.05) is 51.2 Å². The van der Waals surface area contributed by atoms with Gasteiger partial charge in [-0.25, -0.2) is 4.79 Å². The number of amides is 1. The minimum Gasteiger partial charge on any atom is -0.507 e. The molecule has 140 valence electrons. The van der Waals surface area contributed by atoms with Crippen LogP contribution in [0.5, 0.6) is 5.75 Å². The van der Waals surface area contributed by atoms with E-state index in [0.29, 0.717) is 24.3 Å². The molecular weight excluding hydrogens is 344 g/mol. The van der Waals surface area contributed by atoms with Crippen LogP contribution < -0.4 is 0 Å². The zero-order valence-corrected chi connectivity index (χ0v) is 15.6. The molecule has 1 aliphatic rings. The van der Waals surface area contributed by atoms with Gasteiger partial charge in [-0.15, -0.1) is 10.2 Å². The summed E-state index contributed by atoms with van der Waals surface area (Å²) in [6.07, 6.45) is 1.68. The molecule has 1 fully saturated rings. The van der Waals surface area contributed by atoms with E-state index >= 15 is 0 Å². The standard InChI is InChI=1S/C20H22N4O3/c1-20(2,3)27-19(26)23-11-13(12-23)24-9-8-15-17(24)10-16(22-21-15)14-6-4-5-7-18(14)25/h4-10,13,25H,11-12H2,1-3H3. The maximum atomic E-state index is 12.1. The molecule has 1 N–H and O–H groups in total. The van der Waals surface area contributed by atoms with Gasteiger partial charge in [0.15, 0.2) is 0 Å². The summed E-state index contributed by atoms with van der Waals surface area (Å²) in [4.78, 5) is 13.8. The van der Waals surface area contributed by atoms with Crippen LogP contribution in [0.15, 0.2) is 42.6 Å². The monoisotopic (exact) mass is 366 g/mol. The first-order chi connectivity index (χ1) is 12.8. The lowest BCUT2D eigenvalue weighted by molar-refractivity contribution is 0.00157. The van der Waals surface area contributed by atoms with Gasteiger partial charge in [-0.1, -0.05) is 12.1 Å². The van der Waals surface area contributed by atoms with E-state index in [1.54, 1.807) is 17.0 Å². The Balaban J connectivity index is 1.57. The Morgan fingerprint density at radius 2 is 1.93 bits per heavy atom. The van der Waals surface area contributed by atoms with Gasteiger partial charge in [0.1, 0.15) is 16.9 Å². The molecule has 7 heteroatoms. The van der Waals surface area contributed by atoms with Gasteiger partial charge in [0.25, 0.3) is 0 Å². The molecule has 0 aliphatic carbocycles. The number of phenolic OH excluding ortho intramolecular Hbond substituents is 1. The zero-order chi connectivity index (χ0) is 19.2. The van der Waals surface area contributed by atoms with Crippen LogP contribution in [0.2, 0.25) is 0 Å². The number of phenols is 1. The number of aromatic hydroxyl groups is 1. The molecule has 1 aliphatic heterocycles. The molecule has 2 aromatic heterocycles. The highest BCUT2D eigenvalue weighted by Crippen LogP contribution is 2.31. The van der Waals surface area contributed by atoms with Crippen molar-refractivity contribution >= 4 is 17.1 Å². The molecule has 0 unspecified atom stereocenters. The smallest absolute Gasteiger partial charge is 0.410 e. The van der Waals surface area contributed by atoms with E-state index in [2.05, 4.69) is 14.8 Å². The van der Waals surface area contributed by atoms with Gasteiger partial charge in [0.2, 0.25) is 0 Å². The molecule has 27 heavy (non-hydrogen) atoms. The second-order valence-corrected chi connectivity index (χ2v) is 7.78. The molecule has 0 saturated carbocycles. The van der Waals surface area contributed by atoms with Crippen molar-refractivity contribution in [1.29, 1.82) is 0 Å². The molecule has 0 radical (unpaired) electrons. The lowest BCUT2D eigenvalue weighted by Gasteiger charge is -2.40. The number of aromatic nitrogens is 3. The van der Waals surface area contributed by atoms with Crippen molar-refractivity contribution in [2.24, 2.45) is 0 Å². The highest BCUT2D eigenvalue weighted by atomic mass is 16.6. The molecule has 1 amide bonds. The van der Waals surface area contributed by atoms with Gasteiger partial charge in [-0.05, 0) is 45.0 Å². The second kappa shape index (κ2) is 6.26. The number of nitrogens with zero attached hydrogens (tertiary/aromatic N) is 4. The number of hydrogen-bond acceptors (Lipinski definition) is 5. The molecule has 0 atom stereocenters. The Labute approximate surface area is 157 Å². The maximum Gasteiger partial charge on any atom is 0.410 e. The average molecular weight is 366 g/mol. The first kappa shape index (κ1) is 17.3. The van der Waals surface area contributed by atoms with Crippen LogP contribution in [0.25, 0.3) is 22.3 Å². The largest absolute Gasteiger partial charge is 0.507 e. The molecular formula is C20H22N4O3. The number of carbonyl (C=O) groups is 1. The Morgan fingerprint density at radius 3 is 2.63 bits per heavy atom. The van der Waals surface area contributed by atoms with Crippen LogP contribution >= 0.6 is 0 Å². The topological polar surface area (TPSA) is 80.5 Å². The third-order valence-corrected chi connectivity index (χ3v) is 4.56. The molecule has 1 saturated heterocycles. The van der Waals surface area contributed by atoms with Crippen LogP contribution in [0.3, 0.4) is 0 Å². The number of para-hydroxylation sites is 1. The number of rotatable bonds is 2. The quantitative estimate of drug-likeness (QED) is 0.750. The number of benzene rings is 1. The van der Waals surface area contributed by atoms with Crippen LogP contribution in [0, 0.1) is 0 Å². The van der Waals surface area contributed by atoms with E-state index in [0.717, 1.165) is 11.0 Å². The second-order valence-electron chi connectivity index (χ2n) is 7.78. The van der Waals surface area contributed by atoms with E-state index in [9.17, 15) is 9.90 Å². The van der Waals surface area contributed by atoms with Gasteiger partial charge in [0.05, 0.1) is 17.3 Å². The van der Waals surface area contributed by atoms with Gasteiger partial charge in [0, 0.05) is 24.8 Å². The normalized spacial score (nSPS) is 15.0. The Kier molecular flexibility index (Phi) is 4.02. The van der Waals surface area contributed by atoms with E-state index in [1.165, 1.54) is 0 Å². The van der Waals surface area contributed by atoms with Crippen LogP contribution in [0.1, 0.15) is 26.8 Å². The third kappa shape index (κ3) is 3.32. The minimum absolute atomic E-state index is 0.163. The zero-order valence-electron chi connectivity index (χ0n) is 15.6. The average Bonchev–Trinajstić information content (AvgIpc) is 2.95. The van der Waals surface area contributed by atoms with E-state index < -0.39 is 5.60 Å². The van der Waals surface area contributed by atoms with Crippen molar-refractivity contribution in [3.05, 3.63) is 42.6 Å². The molecule has 4 rings (SSSR count). The number of hydrogen-bond donors (Lipinski definition) is 1. The molecule has 0 spiro atoms. The fourth-order valence-electron chi connectivity index (χ4n) is 3.20. The van der Waals surface area contributed by atoms with Crippen LogP contribution in [-0.4, -0.2) is 49.6 Å². The number of fused-ring (bicyclic) bond motifs is 1. The van der Waals surface area contributed by atoms with Gasteiger partial charge in [-0.2, -0.15) is 0 Å². The summed E-state index contributed by atoms with van der Waals surface area (Å²) >= 11 is 0. The van der Waals surface area contributed by atoms with E-state index in [4.69, 9.17) is 4.74 Å². The fourth-order valence-corrected chi connectivity index (χ4v) is 3.20. The Hall–Kier alpha value is -3.09. The molecule has 7 nitrogen and oxygen atoms in total. The summed E-state index contributed by atoms with van der Waals surface area (Å²) < 4.78 is 7.52. The first-order valence-corrected chi connectivity index (χ1v) is 8.92. The lowest BCUT2D eigenvalue weighted by Crippen LogP contribution is -2.52. The van der Waals surface area contributed by atoms with Gasteiger partial charge in [-0.3, -0.25) is 0 Å². The lowest BCUT2D eigenvalue weighted by atomic mass is 10.1. The maximum absolute atomic E-state index is 12.1. The summed E-state index contributed by atoms with van der Waals surface area (Å²) in [5.41, 5.74) is 2.47. The van der Waals surface area contributed by atoms with Crippen LogP contribution in [-0.2, 0) is 4.74 Å². The third-order valence-electron chi connectivity index (χ3n) is 4.56. The van der Waals surface area contributed by atoms with Crippen molar-refractivity contribution in [1.82, 2.24) is 19.7 Å². The molecule has 3 aromatic rings. The highest BCUT2D eigenvalue weighted by Gasteiger charge is 2.35. The molecule has 1 aromatic carbocycles. The number of ether oxygens (including phenoxy) is 1. The predicted molar refractivity (Wildman–Crippen MR) is 101 cm³/mol. The van der Waals surface area contributed by atoms with Crippen molar-refractivity contribution in [3.63, 3.8) is 0 Å². The van der Waals surface area contributed by atoms with E-state index in [-0.39, 0.29) is 17.9 Å². The Bertz CT molecular complexity index is 1000. The SMILES string of the molecule is CC(C)(C)OC(=O)N1CC(n2ccc3nnc(-c4ccccc4O)cc32)C1. The summed E-state index contributed by atoms with van der Waals surface area (Å²) in [5.74, 6) is 0.170. The summed E-state index contributed by atoms with van der Waals surface area (Å²) in [6.45, 7) is 6.77.